The number of thiazole rings is 1. The minimum absolute atomic E-state index is 0.0452. The normalized spacial score (nSPS) is 15.9. The van der Waals surface area contributed by atoms with E-state index in [9.17, 15) is 19.5 Å². The van der Waals surface area contributed by atoms with E-state index in [4.69, 9.17) is 4.74 Å². The lowest BCUT2D eigenvalue weighted by molar-refractivity contribution is 0.0693. The summed E-state index contributed by atoms with van der Waals surface area (Å²) in [5.41, 5.74) is 1.65. The second-order valence-electron chi connectivity index (χ2n) is 8.28. The quantitative estimate of drug-likeness (QED) is 0.597. The topological polar surface area (TPSA) is 108 Å². The third-order valence-corrected chi connectivity index (χ3v) is 7.10. The molecule has 0 atom stereocenters. The molecule has 1 amide bonds. The number of carbonyl (C=O) groups excluding carboxylic acids is 1. The molecule has 0 spiro atoms. The molecule has 2 aliphatic heterocycles. The monoisotopic (exact) mass is 487 g/mol. The average molecular weight is 488 g/mol. The van der Waals surface area contributed by atoms with Gasteiger partial charge in [-0.25, -0.2) is 14.2 Å². The van der Waals surface area contributed by atoms with Crippen molar-refractivity contribution in [2.45, 2.75) is 13.3 Å². The zero-order valence-corrected chi connectivity index (χ0v) is 19.4. The van der Waals surface area contributed by atoms with Gasteiger partial charge in [-0.3, -0.25) is 19.3 Å². The van der Waals surface area contributed by atoms with Crippen LogP contribution >= 0.6 is 11.3 Å². The smallest absolute Gasteiger partial charge is 0.341 e. The first-order chi connectivity index (χ1) is 16.3. The van der Waals surface area contributed by atoms with E-state index in [0.29, 0.717) is 48.7 Å². The van der Waals surface area contributed by atoms with Crippen LogP contribution in [0.25, 0.3) is 10.9 Å². The first-order valence-electron chi connectivity index (χ1n) is 10.7. The van der Waals surface area contributed by atoms with Crippen molar-refractivity contribution in [3.8, 4) is 5.75 Å². The Morgan fingerprint density at radius 1 is 1.24 bits per heavy atom. The fourth-order valence-corrected chi connectivity index (χ4v) is 5.23. The third-order valence-electron chi connectivity index (χ3n) is 6.19. The van der Waals surface area contributed by atoms with Crippen LogP contribution in [0.4, 0.5) is 10.1 Å². The standard InChI is InChI=1S/C22H22FN5O5S/c1-12-20(34-10-24-12)21(30)27-5-3-4-26(6-7-27)17-15(23)8-13-16-19(17)33-11-25(2)28(16)9-14(18(13)29)22(31)32/h8-10H,3-7,11H2,1-2H3,(H,31,32). The number of aryl methyl sites for hydroxylation is 1. The summed E-state index contributed by atoms with van der Waals surface area (Å²) in [6.45, 7) is 3.61. The molecule has 0 unspecified atom stereocenters. The van der Waals surface area contributed by atoms with Crippen molar-refractivity contribution in [1.82, 2.24) is 14.6 Å². The zero-order valence-electron chi connectivity index (χ0n) is 18.6. The van der Waals surface area contributed by atoms with Crippen molar-refractivity contribution < 1.29 is 23.8 Å². The Balaban J connectivity index is 1.55. The van der Waals surface area contributed by atoms with Crippen LogP contribution in [-0.4, -0.2) is 71.5 Å². The van der Waals surface area contributed by atoms with E-state index >= 15 is 4.39 Å². The van der Waals surface area contributed by atoms with Crippen molar-refractivity contribution in [2.75, 3.05) is 49.9 Å². The first kappa shape index (κ1) is 22.1. The van der Waals surface area contributed by atoms with Crippen molar-refractivity contribution in [3.63, 3.8) is 0 Å². The molecule has 1 aromatic carbocycles. The molecule has 5 rings (SSSR count). The highest BCUT2D eigenvalue weighted by molar-refractivity contribution is 7.11. The second kappa shape index (κ2) is 8.28. The number of benzene rings is 1. The fourth-order valence-electron chi connectivity index (χ4n) is 4.47. The molecule has 1 saturated heterocycles. The van der Waals surface area contributed by atoms with Crippen LogP contribution in [0.1, 0.15) is 32.1 Å². The summed E-state index contributed by atoms with van der Waals surface area (Å²) >= 11 is 1.30. The van der Waals surface area contributed by atoms with Crippen molar-refractivity contribution in [2.24, 2.45) is 0 Å². The largest absolute Gasteiger partial charge is 0.477 e. The maximum Gasteiger partial charge on any atom is 0.341 e. The Morgan fingerprint density at radius 3 is 2.74 bits per heavy atom. The first-order valence-corrected chi connectivity index (χ1v) is 11.6. The number of nitrogens with zero attached hydrogens (tertiary/aromatic N) is 5. The fraction of sp³-hybridized carbons (Fsp3) is 0.364. The molecular weight excluding hydrogens is 465 g/mol. The van der Waals surface area contributed by atoms with Gasteiger partial charge in [0, 0.05) is 39.4 Å². The Bertz CT molecular complexity index is 1390. The van der Waals surface area contributed by atoms with Gasteiger partial charge in [0.2, 0.25) is 5.43 Å². The molecule has 1 fully saturated rings. The lowest BCUT2D eigenvalue weighted by atomic mass is 10.1. The molecule has 4 heterocycles. The van der Waals surface area contributed by atoms with Gasteiger partial charge in [0.25, 0.3) is 5.91 Å². The van der Waals surface area contributed by atoms with Crippen LogP contribution in [0, 0.1) is 12.7 Å². The lowest BCUT2D eigenvalue weighted by Gasteiger charge is -2.34. The van der Waals surface area contributed by atoms with Gasteiger partial charge in [-0.1, -0.05) is 0 Å². The van der Waals surface area contributed by atoms with Crippen LogP contribution in [-0.2, 0) is 0 Å². The van der Waals surface area contributed by atoms with Crippen LogP contribution in [0.3, 0.4) is 0 Å². The number of anilines is 1. The van der Waals surface area contributed by atoms with E-state index in [1.54, 1.807) is 29.4 Å². The Morgan fingerprint density at radius 2 is 2.03 bits per heavy atom. The molecular formula is C22H22FN5O5S. The van der Waals surface area contributed by atoms with Gasteiger partial charge in [0.15, 0.2) is 18.3 Å². The zero-order chi connectivity index (χ0) is 24.1. The predicted octanol–water partition coefficient (Wildman–Crippen LogP) is 1.87. The van der Waals surface area contributed by atoms with E-state index in [1.807, 2.05) is 4.90 Å². The molecule has 1 N–H and O–H groups in total. The minimum atomic E-state index is -1.38. The number of pyridine rings is 1. The highest BCUT2D eigenvalue weighted by atomic mass is 32.1. The number of hydrogen-bond donors (Lipinski definition) is 1. The van der Waals surface area contributed by atoms with Crippen LogP contribution in [0.15, 0.2) is 22.6 Å². The van der Waals surface area contributed by atoms with Crippen molar-refractivity contribution >= 4 is 39.8 Å². The van der Waals surface area contributed by atoms with E-state index in [2.05, 4.69) is 4.98 Å². The average Bonchev–Trinajstić information content (AvgIpc) is 3.08. The molecule has 3 aromatic rings. The summed E-state index contributed by atoms with van der Waals surface area (Å²) in [5.74, 6) is -1.94. The third kappa shape index (κ3) is 3.45. The van der Waals surface area contributed by atoms with E-state index in [1.165, 1.54) is 22.2 Å². The molecule has 0 aliphatic carbocycles. The van der Waals surface area contributed by atoms with Crippen LogP contribution < -0.4 is 20.1 Å². The van der Waals surface area contributed by atoms with Gasteiger partial charge >= 0.3 is 5.97 Å². The number of ether oxygens (including phenoxy) is 1. The summed E-state index contributed by atoms with van der Waals surface area (Å²) in [7, 11) is 1.68. The summed E-state index contributed by atoms with van der Waals surface area (Å²) < 4.78 is 22.8. The molecule has 0 radical (unpaired) electrons. The molecule has 2 aliphatic rings. The maximum atomic E-state index is 15.5. The van der Waals surface area contributed by atoms with Gasteiger partial charge in [-0.2, -0.15) is 0 Å². The number of halogens is 1. The number of carboxylic acid groups (broad SMARTS) is 1. The number of hydrogen-bond acceptors (Lipinski definition) is 8. The summed E-state index contributed by atoms with van der Waals surface area (Å²) in [4.78, 5) is 45.6. The Hall–Kier alpha value is -3.67. The van der Waals surface area contributed by atoms with E-state index < -0.39 is 22.8 Å². The van der Waals surface area contributed by atoms with Gasteiger partial charge in [-0.05, 0) is 19.4 Å². The maximum absolute atomic E-state index is 15.5. The summed E-state index contributed by atoms with van der Waals surface area (Å²) in [6, 6.07) is 1.08. The second-order valence-corrected chi connectivity index (χ2v) is 9.14. The summed E-state index contributed by atoms with van der Waals surface area (Å²) in [6.07, 6.45) is 1.85. The highest BCUT2D eigenvalue weighted by Crippen LogP contribution is 2.40. The van der Waals surface area contributed by atoms with Crippen molar-refractivity contribution in [1.29, 1.82) is 0 Å². The molecule has 0 bridgehead atoms. The molecule has 34 heavy (non-hydrogen) atoms. The Labute approximate surface area is 197 Å². The number of aromatic carboxylic acids is 1. The van der Waals surface area contributed by atoms with Gasteiger partial charge in [0.05, 0.1) is 16.6 Å². The number of carboxylic acids is 1. The van der Waals surface area contributed by atoms with Gasteiger partial charge in [-0.15, -0.1) is 11.3 Å². The molecule has 2 aromatic heterocycles. The van der Waals surface area contributed by atoms with E-state index in [-0.39, 0.29) is 29.5 Å². The molecule has 12 heteroatoms. The van der Waals surface area contributed by atoms with Crippen LogP contribution in [0.5, 0.6) is 5.75 Å². The van der Waals surface area contributed by atoms with Crippen molar-refractivity contribution in [3.05, 3.63) is 49.9 Å². The van der Waals surface area contributed by atoms with E-state index in [0.717, 1.165) is 6.07 Å². The lowest BCUT2D eigenvalue weighted by Crippen LogP contribution is -2.40. The molecule has 10 nitrogen and oxygen atoms in total. The number of aromatic nitrogens is 2. The Kier molecular flexibility index (Phi) is 5.39. The molecule has 178 valence electrons. The number of carbonyl (C=O) groups is 2. The number of amides is 1. The minimum Gasteiger partial charge on any atom is -0.477 e. The van der Waals surface area contributed by atoms with Crippen LogP contribution in [0.2, 0.25) is 0 Å². The summed E-state index contributed by atoms with van der Waals surface area (Å²) in [5, 5.41) is 11.0. The van der Waals surface area contributed by atoms with Gasteiger partial charge in [0.1, 0.15) is 21.6 Å². The SMILES string of the molecule is Cc1ncsc1C(=O)N1CCCN(c2c(F)cc3c(=O)c(C(=O)O)cn4c3c2OCN4C)CC1. The highest BCUT2D eigenvalue weighted by Gasteiger charge is 2.31. The predicted molar refractivity (Wildman–Crippen MR) is 124 cm³/mol. The molecule has 0 saturated carbocycles. The number of rotatable bonds is 3. The van der Waals surface area contributed by atoms with Gasteiger partial charge < -0.3 is 19.6 Å².